The number of aromatic nitrogens is 2. The molecule has 0 saturated heterocycles. The minimum atomic E-state index is -0.554. The van der Waals surface area contributed by atoms with Crippen molar-refractivity contribution in [1.82, 2.24) is 10.1 Å². The highest BCUT2D eigenvalue weighted by atomic mass is 16.5. The molecule has 0 saturated carbocycles. The average molecular weight is 290 g/mol. The summed E-state index contributed by atoms with van der Waals surface area (Å²) >= 11 is 0. The number of nitrogens with zero attached hydrogens (tertiary/aromatic N) is 2. The van der Waals surface area contributed by atoms with E-state index in [0.29, 0.717) is 18.9 Å². The molecule has 1 aromatic carbocycles. The number of ether oxygens (including phenoxy) is 2. The zero-order valence-corrected chi connectivity index (χ0v) is 12.3. The smallest absolute Gasteiger partial charge is 0.318 e. The van der Waals surface area contributed by atoms with Gasteiger partial charge >= 0.3 is 5.97 Å². The van der Waals surface area contributed by atoms with Gasteiger partial charge in [-0.05, 0) is 31.5 Å². The lowest BCUT2D eigenvalue weighted by molar-refractivity contribution is -0.145. The number of esters is 1. The van der Waals surface area contributed by atoms with Gasteiger partial charge in [-0.15, -0.1) is 0 Å². The van der Waals surface area contributed by atoms with Crippen molar-refractivity contribution in [3.63, 3.8) is 0 Å². The van der Waals surface area contributed by atoms with Crippen molar-refractivity contribution in [2.75, 3.05) is 13.7 Å². The molecular formula is C15H18N2O4. The van der Waals surface area contributed by atoms with Crippen LogP contribution in [0.3, 0.4) is 0 Å². The highest BCUT2D eigenvalue weighted by molar-refractivity contribution is 5.76. The Balaban J connectivity index is 2.03. The number of benzene rings is 1. The van der Waals surface area contributed by atoms with Gasteiger partial charge in [0.2, 0.25) is 5.89 Å². The molecule has 1 atom stereocenters. The van der Waals surface area contributed by atoms with E-state index in [4.69, 9.17) is 14.0 Å². The summed E-state index contributed by atoms with van der Waals surface area (Å²) in [4.78, 5) is 15.9. The van der Waals surface area contributed by atoms with Crippen LogP contribution < -0.4 is 4.74 Å². The summed E-state index contributed by atoms with van der Waals surface area (Å²) in [5.41, 5.74) is 1.03. The molecule has 2 aromatic rings. The molecule has 0 bridgehead atoms. The fraction of sp³-hybridized carbons (Fsp3) is 0.400. The van der Waals surface area contributed by atoms with E-state index >= 15 is 0 Å². The van der Waals surface area contributed by atoms with Gasteiger partial charge in [0, 0.05) is 6.42 Å². The lowest BCUT2D eigenvalue weighted by atomic mass is 10.1. The van der Waals surface area contributed by atoms with Crippen LogP contribution in [-0.4, -0.2) is 29.8 Å². The molecule has 0 N–H and O–H groups in total. The number of rotatable bonds is 6. The van der Waals surface area contributed by atoms with Crippen molar-refractivity contribution in [3.05, 3.63) is 41.5 Å². The van der Waals surface area contributed by atoms with E-state index < -0.39 is 5.92 Å². The van der Waals surface area contributed by atoms with Crippen LogP contribution in [0.1, 0.15) is 37.0 Å². The maximum absolute atomic E-state index is 11.6. The Morgan fingerprint density at radius 3 is 2.67 bits per heavy atom. The lowest BCUT2D eigenvalue weighted by Gasteiger charge is -2.04. The molecule has 2 rings (SSSR count). The van der Waals surface area contributed by atoms with Gasteiger partial charge in [-0.25, -0.2) is 0 Å². The van der Waals surface area contributed by atoms with E-state index in [0.717, 1.165) is 11.3 Å². The van der Waals surface area contributed by atoms with E-state index in [9.17, 15) is 4.79 Å². The molecule has 0 aliphatic rings. The van der Waals surface area contributed by atoms with Gasteiger partial charge in [-0.3, -0.25) is 4.79 Å². The molecule has 0 fully saturated rings. The zero-order chi connectivity index (χ0) is 15.2. The monoisotopic (exact) mass is 290 g/mol. The maximum atomic E-state index is 11.6. The lowest BCUT2D eigenvalue weighted by Crippen LogP contribution is -2.13. The molecule has 0 radical (unpaired) electrons. The van der Waals surface area contributed by atoms with Gasteiger partial charge in [0.15, 0.2) is 5.82 Å². The Morgan fingerprint density at radius 2 is 2.05 bits per heavy atom. The third-order valence-electron chi connectivity index (χ3n) is 3.02. The summed E-state index contributed by atoms with van der Waals surface area (Å²) in [6.07, 6.45) is 0.531. The second kappa shape index (κ2) is 6.88. The van der Waals surface area contributed by atoms with Crippen LogP contribution in [0.4, 0.5) is 0 Å². The third kappa shape index (κ3) is 3.81. The van der Waals surface area contributed by atoms with Crippen LogP contribution in [0.2, 0.25) is 0 Å². The van der Waals surface area contributed by atoms with Gasteiger partial charge in [0.25, 0.3) is 0 Å². The van der Waals surface area contributed by atoms with Crippen molar-refractivity contribution in [2.45, 2.75) is 26.2 Å². The van der Waals surface area contributed by atoms with Crippen molar-refractivity contribution in [2.24, 2.45) is 0 Å². The molecule has 1 unspecified atom stereocenters. The summed E-state index contributed by atoms with van der Waals surface area (Å²) in [5, 5.41) is 3.89. The fourth-order valence-electron chi connectivity index (χ4n) is 1.81. The average Bonchev–Trinajstić information content (AvgIpc) is 2.96. The summed E-state index contributed by atoms with van der Waals surface area (Å²) in [6.45, 7) is 3.77. The SMILES string of the molecule is CCOC(=O)C(C)c1nc(Cc2ccc(OC)cc2)no1. The Kier molecular flexibility index (Phi) is 4.92. The first-order chi connectivity index (χ1) is 10.1. The molecule has 1 heterocycles. The Labute approximate surface area is 123 Å². The van der Waals surface area contributed by atoms with Crippen LogP contribution >= 0.6 is 0 Å². The number of methoxy groups -OCH3 is 1. The summed E-state index contributed by atoms with van der Waals surface area (Å²) < 4.78 is 15.2. The zero-order valence-electron chi connectivity index (χ0n) is 12.3. The number of carbonyl (C=O) groups is 1. The molecule has 6 nitrogen and oxygen atoms in total. The number of carbonyl (C=O) groups excluding carboxylic acids is 1. The van der Waals surface area contributed by atoms with E-state index in [2.05, 4.69) is 10.1 Å². The predicted molar refractivity (Wildman–Crippen MR) is 75.1 cm³/mol. The summed E-state index contributed by atoms with van der Waals surface area (Å²) in [5.74, 6) is 0.686. The minimum absolute atomic E-state index is 0.275. The minimum Gasteiger partial charge on any atom is -0.497 e. The molecule has 6 heteroatoms. The first-order valence-electron chi connectivity index (χ1n) is 6.76. The van der Waals surface area contributed by atoms with Crippen LogP contribution in [0, 0.1) is 0 Å². The Hall–Kier alpha value is -2.37. The topological polar surface area (TPSA) is 74.5 Å². The summed E-state index contributed by atoms with van der Waals surface area (Å²) in [7, 11) is 1.62. The van der Waals surface area contributed by atoms with Crippen molar-refractivity contribution in [3.8, 4) is 5.75 Å². The molecule has 0 aliphatic heterocycles. The molecule has 0 amide bonds. The van der Waals surface area contributed by atoms with Crippen LogP contribution in [0.5, 0.6) is 5.75 Å². The van der Waals surface area contributed by atoms with Crippen molar-refractivity contribution in [1.29, 1.82) is 0 Å². The van der Waals surface area contributed by atoms with Gasteiger partial charge in [-0.2, -0.15) is 4.98 Å². The second-order valence-corrected chi connectivity index (χ2v) is 4.55. The number of hydrogen-bond acceptors (Lipinski definition) is 6. The Bertz CT molecular complexity index is 592. The van der Waals surface area contributed by atoms with Gasteiger partial charge in [0.1, 0.15) is 11.7 Å². The summed E-state index contributed by atoms with van der Waals surface area (Å²) in [6, 6.07) is 7.61. The highest BCUT2D eigenvalue weighted by Gasteiger charge is 2.23. The van der Waals surface area contributed by atoms with Gasteiger partial charge in [0.05, 0.1) is 13.7 Å². The molecule has 1 aromatic heterocycles. The van der Waals surface area contributed by atoms with Gasteiger partial charge < -0.3 is 14.0 Å². The van der Waals surface area contributed by atoms with Crippen LogP contribution in [-0.2, 0) is 16.0 Å². The van der Waals surface area contributed by atoms with Crippen LogP contribution in [0.25, 0.3) is 0 Å². The quantitative estimate of drug-likeness (QED) is 0.760. The highest BCUT2D eigenvalue weighted by Crippen LogP contribution is 2.17. The van der Waals surface area contributed by atoms with E-state index in [1.807, 2.05) is 24.3 Å². The molecule has 112 valence electrons. The molecule has 21 heavy (non-hydrogen) atoms. The molecule has 0 spiro atoms. The Morgan fingerprint density at radius 1 is 1.33 bits per heavy atom. The van der Waals surface area contributed by atoms with E-state index in [-0.39, 0.29) is 11.9 Å². The van der Waals surface area contributed by atoms with E-state index in [1.54, 1.807) is 21.0 Å². The second-order valence-electron chi connectivity index (χ2n) is 4.55. The van der Waals surface area contributed by atoms with Crippen molar-refractivity contribution >= 4 is 5.97 Å². The predicted octanol–water partition coefficient (Wildman–Crippen LogP) is 2.34. The molecule has 0 aliphatic carbocycles. The first kappa shape index (κ1) is 15.0. The fourth-order valence-corrected chi connectivity index (χ4v) is 1.81. The van der Waals surface area contributed by atoms with Crippen LogP contribution in [0.15, 0.2) is 28.8 Å². The van der Waals surface area contributed by atoms with Gasteiger partial charge in [-0.1, -0.05) is 17.3 Å². The maximum Gasteiger partial charge on any atom is 0.318 e. The normalized spacial score (nSPS) is 12.0. The number of hydrogen-bond donors (Lipinski definition) is 0. The third-order valence-corrected chi connectivity index (χ3v) is 3.02. The largest absolute Gasteiger partial charge is 0.497 e. The van der Waals surface area contributed by atoms with Crippen molar-refractivity contribution < 1.29 is 18.8 Å². The molecular weight excluding hydrogens is 272 g/mol. The standard InChI is InChI=1S/C15H18N2O4/c1-4-20-15(18)10(2)14-16-13(17-21-14)9-11-5-7-12(19-3)8-6-11/h5-8,10H,4,9H2,1-3H3. The van der Waals surface area contributed by atoms with E-state index in [1.165, 1.54) is 0 Å². The first-order valence-corrected chi connectivity index (χ1v) is 6.76.